The van der Waals surface area contributed by atoms with Crippen LogP contribution in [0.1, 0.15) is 19.8 Å². The summed E-state index contributed by atoms with van der Waals surface area (Å²) < 4.78 is 0. The summed E-state index contributed by atoms with van der Waals surface area (Å²) in [4.78, 5) is 22.3. The van der Waals surface area contributed by atoms with Crippen molar-refractivity contribution in [3.8, 4) is 0 Å². The molecule has 1 rings (SSSR count). The Bertz CT molecular complexity index is 220. The van der Waals surface area contributed by atoms with Crippen LogP contribution in [0.4, 0.5) is 0 Å². The van der Waals surface area contributed by atoms with Crippen LogP contribution >= 0.6 is 0 Å². The molecule has 1 aliphatic rings. The molecule has 1 aliphatic heterocycles. The molecule has 0 aromatic heterocycles. The lowest BCUT2D eigenvalue weighted by atomic mass is 9.98. The summed E-state index contributed by atoms with van der Waals surface area (Å²) in [6.45, 7) is 2.08. The molecule has 0 aliphatic carbocycles. The van der Waals surface area contributed by atoms with E-state index in [1.54, 1.807) is 6.92 Å². The topological polar surface area (TPSA) is 78.4 Å². The van der Waals surface area contributed by atoms with Gasteiger partial charge in [0, 0.05) is 19.0 Å². The smallest absolute Gasteiger partial charge is 0.225 e. The summed E-state index contributed by atoms with van der Waals surface area (Å²) in [5.41, 5.74) is 0. The molecule has 3 N–H and O–H groups in total. The molecule has 1 heterocycles. The molecule has 0 bridgehead atoms. The minimum Gasteiger partial charge on any atom is -0.394 e. The van der Waals surface area contributed by atoms with Crippen LogP contribution in [0.25, 0.3) is 0 Å². The molecule has 5 heteroatoms. The average Bonchev–Trinajstić information content (AvgIpc) is 2.18. The van der Waals surface area contributed by atoms with Gasteiger partial charge in [-0.1, -0.05) is 0 Å². The Labute approximate surface area is 82.9 Å². The van der Waals surface area contributed by atoms with Crippen molar-refractivity contribution in [3.63, 3.8) is 0 Å². The SMILES string of the molecule is CC(CO)NC(=O)C1CCC(=O)NC1. The van der Waals surface area contributed by atoms with E-state index in [0.717, 1.165) is 0 Å². The minimum absolute atomic E-state index is 0.00394. The van der Waals surface area contributed by atoms with Gasteiger partial charge in [0.25, 0.3) is 0 Å². The van der Waals surface area contributed by atoms with Crippen LogP contribution < -0.4 is 10.6 Å². The second-order valence-corrected chi connectivity index (χ2v) is 3.63. The van der Waals surface area contributed by atoms with Gasteiger partial charge >= 0.3 is 0 Å². The zero-order valence-corrected chi connectivity index (χ0v) is 8.25. The summed E-state index contributed by atoms with van der Waals surface area (Å²) in [6, 6.07) is -0.222. The van der Waals surface area contributed by atoms with Gasteiger partial charge in [-0.05, 0) is 13.3 Å². The van der Waals surface area contributed by atoms with Crippen molar-refractivity contribution < 1.29 is 14.7 Å². The van der Waals surface area contributed by atoms with Crippen molar-refractivity contribution in [1.29, 1.82) is 0 Å². The Kier molecular flexibility index (Phi) is 3.88. The average molecular weight is 200 g/mol. The zero-order valence-electron chi connectivity index (χ0n) is 8.25. The fourth-order valence-electron chi connectivity index (χ4n) is 1.36. The molecule has 2 amide bonds. The van der Waals surface area contributed by atoms with E-state index in [4.69, 9.17) is 5.11 Å². The summed E-state index contributed by atoms with van der Waals surface area (Å²) >= 11 is 0. The van der Waals surface area contributed by atoms with Crippen LogP contribution in [-0.2, 0) is 9.59 Å². The lowest BCUT2D eigenvalue weighted by molar-refractivity contribution is -0.129. The minimum atomic E-state index is -0.222. The van der Waals surface area contributed by atoms with Gasteiger partial charge in [-0.15, -0.1) is 0 Å². The Balaban J connectivity index is 2.34. The number of carbonyl (C=O) groups excluding carboxylic acids is 2. The molecule has 0 aromatic carbocycles. The van der Waals surface area contributed by atoms with Gasteiger partial charge in [0.1, 0.15) is 0 Å². The highest BCUT2D eigenvalue weighted by Gasteiger charge is 2.24. The molecular weight excluding hydrogens is 184 g/mol. The first kappa shape index (κ1) is 11.0. The van der Waals surface area contributed by atoms with Gasteiger partial charge in [0.2, 0.25) is 11.8 Å². The molecule has 80 valence electrons. The number of piperidine rings is 1. The predicted molar refractivity (Wildman–Crippen MR) is 50.4 cm³/mol. The highest BCUT2D eigenvalue weighted by Crippen LogP contribution is 2.10. The van der Waals surface area contributed by atoms with Crippen LogP contribution in [0.3, 0.4) is 0 Å². The third-order valence-corrected chi connectivity index (χ3v) is 2.30. The number of hydrogen-bond donors (Lipinski definition) is 3. The van der Waals surface area contributed by atoms with E-state index in [2.05, 4.69) is 10.6 Å². The maximum Gasteiger partial charge on any atom is 0.225 e. The summed E-state index contributed by atoms with van der Waals surface area (Å²) in [5.74, 6) is -0.238. The van der Waals surface area contributed by atoms with E-state index in [1.807, 2.05) is 0 Å². The molecule has 1 fully saturated rings. The van der Waals surface area contributed by atoms with Gasteiger partial charge in [-0.3, -0.25) is 9.59 Å². The van der Waals surface area contributed by atoms with Gasteiger partial charge in [0.15, 0.2) is 0 Å². The van der Waals surface area contributed by atoms with Crippen molar-refractivity contribution >= 4 is 11.8 Å². The molecule has 5 nitrogen and oxygen atoms in total. The monoisotopic (exact) mass is 200 g/mol. The van der Waals surface area contributed by atoms with Gasteiger partial charge in [0.05, 0.1) is 12.5 Å². The second kappa shape index (κ2) is 4.95. The van der Waals surface area contributed by atoms with E-state index in [9.17, 15) is 9.59 Å². The second-order valence-electron chi connectivity index (χ2n) is 3.63. The highest BCUT2D eigenvalue weighted by molar-refractivity contribution is 5.83. The third-order valence-electron chi connectivity index (χ3n) is 2.30. The van der Waals surface area contributed by atoms with E-state index < -0.39 is 0 Å². The van der Waals surface area contributed by atoms with Gasteiger partial charge in [-0.25, -0.2) is 0 Å². The molecular formula is C9H16N2O3. The standard InChI is InChI=1S/C9H16N2O3/c1-6(5-12)11-9(14)7-2-3-8(13)10-4-7/h6-7,12H,2-5H2,1H3,(H,10,13)(H,11,14). The van der Waals surface area contributed by atoms with E-state index in [0.29, 0.717) is 19.4 Å². The molecule has 0 saturated carbocycles. The summed E-state index contributed by atoms with van der Waals surface area (Å²) in [7, 11) is 0. The van der Waals surface area contributed by atoms with Crippen LogP contribution in [0.5, 0.6) is 0 Å². The first-order valence-electron chi connectivity index (χ1n) is 4.81. The first-order valence-corrected chi connectivity index (χ1v) is 4.81. The van der Waals surface area contributed by atoms with Crippen LogP contribution in [0, 0.1) is 5.92 Å². The Morgan fingerprint density at radius 3 is 3.00 bits per heavy atom. The Morgan fingerprint density at radius 2 is 2.50 bits per heavy atom. The molecule has 0 spiro atoms. The predicted octanol–water partition coefficient (Wildman–Crippen LogP) is -0.990. The van der Waals surface area contributed by atoms with Crippen molar-refractivity contribution in [2.24, 2.45) is 5.92 Å². The number of amides is 2. The summed E-state index contributed by atoms with van der Waals surface area (Å²) in [5, 5.41) is 14.1. The summed E-state index contributed by atoms with van der Waals surface area (Å²) in [6.07, 6.45) is 1.00. The fourth-order valence-corrected chi connectivity index (χ4v) is 1.36. The number of nitrogens with one attached hydrogen (secondary N) is 2. The Morgan fingerprint density at radius 1 is 1.79 bits per heavy atom. The van der Waals surface area contributed by atoms with E-state index in [1.165, 1.54) is 0 Å². The lowest BCUT2D eigenvalue weighted by Crippen LogP contribution is -2.46. The number of aliphatic hydroxyl groups excluding tert-OH is 1. The highest BCUT2D eigenvalue weighted by atomic mass is 16.3. The van der Waals surface area contributed by atoms with Crippen LogP contribution in [-0.4, -0.2) is 36.1 Å². The van der Waals surface area contributed by atoms with E-state index in [-0.39, 0.29) is 30.4 Å². The lowest BCUT2D eigenvalue weighted by Gasteiger charge is -2.23. The maximum atomic E-state index is 11.5. The first-order chi connectivity index (χ1) is 6.63. The molecule has 1 saturated heterocycles. The van der Waals surface area contributed by atoms with Crippen LogP contribution in [0.15, 0.2) is 0 Å². The van der Waals surface area contributed by atoms with E-state index >= 15 is 0 Å². The normalized spacial score (nSPS) is 23.9. The Hall–Kier alpha value is -1.10. The zero-order chi connectivity index (χ0) is 10.6. The van der Waals surface area contributed by atoms with Gasteiger partial charge in [-0.2, -0.15) is 0 Å². The van der Waals surface area contributed by atoms with Crippen molar-refractivity contribution in [3.05, 3.63) is 0 Å². The number of hydrogen-bond acceptors (Lipinski definition) is 3. The van der Waals surface area contributed by atoms with Crippen LogP contribution in [0.2, 0.25) is 0 Å². The fraction of sp³-hybridized carbons (Fsp3) is 0.778. The molecule has 0 radical (unpaired) electrons. The molecule has 2 atom stereocenters. The largest absolute Gasteiger partial charge is 0.394 e. The quantitative estimate of drug-likeness (QED) is 0.547. The number of rotatable bonds is 3. The molecule has 0 aromatic rings. The third kappa shape index (κ3) is 2.99. The molecule has 2 unspecified atom stereocenters. The van der Waals surface area contributed by atoms with Crippen molar-refractivity contribution in [2.75, 3.05) is 13.2 Å². The number of carbonyl (C=O) groups is 2. The van der Waals surface area contributed by atoms with Crippen molar-refractivity contribution in [2.45, 2.75) is 25.8 Å². The maximum absolute atomic E-state index is 11.5. The van der Waals surface area contributed by atoms with Crippen molar-refractivity contribution in [1.82, 2.24) is 10.6 Å². The van der Waals surface area contributed by atoms with Gasteiger partial charge < -0.3 is 15.7 Å². The number of aliphatic hydroxyl groups is 1. The molecule has 14 heavy (non-hydrogen) atoms.